The minimum absolute atomic E-state index is 0.389. The summed E-state index contributed by atoms with van der Waals surface area (Å²) in [4.78, 5) is 31.1. The lowest BCUT2D eigenvalue weighted by Crippen LogP contribution is -2.50. The van der Waals surface area contributed by atoms with Gasteiger partial charge in [-0.1, -0.05) is 42.5 Å². The van der Waals surface area contributed by atoms with Gasteiger partial charge >= 0.3 is 0 Å². The van der Waals surface area contributed by atoms with Crippen LogP contribution in [0.3, 0.4) is 0 Å². The normalized spacial score (nSPS) is 19.2. The van der Waals surface area contributed by atoms with Gasteiger partial charge in [-0.15, -0.1) is 0 Å². The molecule has 2 amide bonds. The van der Waals surface area contributed by atoms with Gasteiger partial charge in [0.05, 0.1) is 12.8 Å². The van der Waals surface area contributed by atoms with Crippen molar-refractivity contribution in [1.29, 1.82) is 0 Å². The van der Waals surface area contributed by atoms with Gasteiger partial charge in [-0.25, -0.2) is 5.06 Å². The largest absolute Gasteiger partial charge is 0.323 e. The number of amides is 2. The number of halogens is 1. The van der Waals surface area contributed by atoms with E-state index in [1.165, 1.54) is 14.2 Å². The van der Waals surface area contributed by atoms with Crippen molar-refractivity contribution in [1.82, 2.24) is 5.06 Å². The third kappa shape index (κ3) is 2.17. The van der Waals surface area contributed by atoms with Crippen LogP contribution in [0.25, 0.3) is 0 Å². The Morgan fingerprint density at radius 2 is 1.87 bits per heavy atom. The van der Waals surface area contributed by atoms with Crippen LogP contribution in [0.5, 0.6) is 0 Å². The summed E-state index contributed by atoms with van der Waals surface area (Å²) in [5.41, 5.74) is 0.352. The number of fused-ring (bicyclic) bond motifs is 1. The van der Waals surface area contributed by atoms with Crippen LogP contribution in [0.2, 0.25) is 0 Å². The summed E-state index contributed by atoms with van der Waals surface area (Å²) in [5, 5.41) is 3.91. The van der Waals surface area contributed by atoms with Gasteiger partial charge in [0.2, 0.25) is 5.91 Å². The summed E-state index contributed by atoms with van der Waals surface area (Å²) in [5.74, 6) is -0.833. The molecule has 1 atom stereocenters. The first kappa shape index (κ1) is 15.7. The molecule has 0 spiro atoms. The number of nitrogens with zero attached hydrogens (tertiary/aromatic N) is 1. The van der Waals surface area contributed by atoms with E-state index in [-0.39, 0.29) is 5.91 Å². The Balaban J connectivity index is 2.33. The summed E-state index contributed by atoms with van der Waals surface area (Å²) in [7, 11) is 2.89. The number of benzene rings is 2. The number of hydrogen-bond donors (Lipinski definition) is 1. The van der Waals surface area contributed by atoms with Crippen molar-refractivity contribution < 1.29 is 14.4 Å². The third-order valence-electron chi connectivity index (χ3n) is 4.08. The number of rotatable bonds is 3. The Hall–Kier alpha value is -2.18. The lowest BCUT2D eigenvalue weighted by atomic mass is 9.74. The average molecular weight is 375 g/mol. The van der Waals surface area contributed by atoms with Crippen molar-refractivity contribution in [3.05, 3.63) is 64.1 Å². The van der Waals surface area contributed by atoms with Crippen molar-refractivity contribution >= 4 is 33.4 Å². The molecule has 23 heavy (non-hydrogen) atoms. The zero-order valence-corrected chi connectivity index (χ0v) is 14.3. The Labute approximate surface area is 142 Å². The van der Waals surface area contributed by atoms with Gasteiger partial charge in [0.1, 0.15) is 0 Å². The molecule has 3 rings (SSSR count). The fraction of sp³-hybridized carbons (Fsp3) is 0.176. The van der Waals surface area contributed by atoms with Crippen LogP contribution >= 0.6 is 15.9 Å². The molecule has 0 bridgehead atoms. The smallest absolute Gasteiger partial charge is 0.270 e. The topological polar surface area (TPSA) is 58.6 Å². The fourth-order valence-electron chi connectivity index (χ4n) is 2.92. The first-order chi connectivity index (χ1) is 11.0. The molecule has 1 aliphatic rings. The number of anilines is 1. The molecule has 1 N–H and O–H groups in total. The highest BCUT2D eigenvalue weighted by molar-refractivity contribution is 9.10. The molecule has 0 radical (unpaired) electrons. The minimum atomic E-state index is -1.47. The molecule has 1 heterocycles. The second-order valence-corrected chi connectivity index (χ2v) is 6.07. The van der Waals surface area contributed by atoms with Crippen LogP contribution in [0.4, 0.5) is 5.69 Å². The maximum absolute atomic E-state index is 13.1. The zero-order chi connectivity index (χ0) is 16.6. The molecule has 5 nitrogen and oxygen atoms in total. The van der Waals surface area contributed by atoms with E-state index < -0.39 is 11.3 Å². The number of carbonyl (C=O) groups is 2. The van der Waals surface area contributed by atoms with Crippen LogP contribution in [0.1, 0.15) is 11.1 Å². The van der Waals surface area contributed by atoms with E-state index in [1.54, 1.807) is 36.4 Å². The van der Waals surface area contributed by atoms with Gasteiger partial charge in [-0.05, 0) is 27.6 Å². The van der Waals surface area contributed by atoms with Crippen molar-refractivity contribution in [2.75, 3.05) is 19.5 Å². The van der Waals surface area contributed by atoms with Crippen LogP contribution in [-0.2, 0) is 19.8 Å². The molecular weight excluding hydrogens is 360 g/mol. The second kappa shape index (κ2) is 5.79. The number of nitrogens with one attached hydrogen (secondary N) is 1. The molecule has 2 aromatic rings. The highest BCUT2D eigenvalue weighted by Crippen LogP contribution is 2.46. The maximum atomic E-state index is 13.1. The maximum Gasteiger partial charge on any atom is 0.270 e. The number of carbonyl (C=O) groups excluding carboxylic acids is 2. The quantitative estimate of drug-likeness (QED) is 0.663. The van der Waals surface area contributed by atoms with Gasteiger partial charge in [0, 0.05) is 17.1 Å². The van der Waals surface area contributed by atoms with Crippen LogP contribution in [0.15, 0.2) is 53.0 Å². The van der Waals surface area contributed by atoms with Crippen molar-refractivity contribution in [3.63, 3.8) is 0 Å². The molecule has 118 valence electrons. The van der Waals surface area contributed by atoms with Gasteiger partial charge in [-0.3, -0.25) is 14.4 Å². The monoisotopic (exact) mass is 374 g/mol. The number of para-hydroxylation sites is 1. The molecule has 2 aromatic carbocycles. The Morgan fingerprint density at radius 1 is 1.17 bits per heavy atom. The number of hydrogen-bond acceptors (Lipinski definition) is 3. The second-order valence-electron chi connectivity index (χ2n) is 5.22. The number of hydroxylamine groups is 2. The highest BCUT2D eigenvalue weighted by Gasteiger charge is 2.56. The molecular formula is C17H15BrN2O3. The van der Waals surface area contributed by atoms with Crippen LogP contribution < -0.4 is 5.32 Å². The van der Waals surface area contributed by atoms with Crippen LogP contribution in [-0.4, -0.2) is 31.0 Å². The van der Waals surface area contributed by atoms with Gasteiger partial charge in [0.25, 0.3) is 5.91 Å². The van der Waals surface area contributed by atoms with E-state index in [1.807, 2.05) is 12.1 Å². The zero-order valence-electron chi connectivity index (χ0n) is 12.7. The Bertz CT molecular complexity index is 779. The van der Waals surface area contributed by atoms with E-state index in [4.69, 9.17) is 4.84 Å². The molecule has 0 fully saturated rings. The average Bonchev–Trinajstić information content (AvgIpc) is 2.88. The van der Waals surface area contributed by atoms with Gasteiger partial charge in [0.15, 0.2) is 5.41 Å². The van der Waals surface area contributed by atoms with E-state index in [0.29, 0.717) is 16.8 Å². The van der Waals surface area contributed by atoms with Crippen LogP contribution in [0, 0.1) is 0 Å². The standard InChI is InChI=1S/C17H15BrN2O3/c1-20(23-2)16(22)17(11-7-4-3-5-8-11)12-9-6-10-13(18)14(12)19-15(17)21/h3-10H,1-2H3,(H,19,21). The Morgan fingerprint density at radius 3 is 2.52 bits per heavy atom. The molecule has 0 saturated heterocycles. The summed E-state index contributed by atoms with van der Waals surface area (Å²) in [6.07, 6.45) is 0. The molecule has 0 aromatic heterocycles. The van der Waals surface area contributed by atoms with Gasteiger partial charge < -0.3 is 5.32 Å². The predicted molar refractivity (Wildman–Crippen MR) is 89.8 cm³/mol. The molecule has 1 aliphatic heterocycles. The van der Waals surface area contributed by atoms with E-state index in [2.05, 4.69) is 21.2 Å². The molecule has 1 unspecified atom stereocenters. The SMILES string of the molecule is CON(C)C(=O)C1(c2ccccc2)C(=O)Nc2c(Br)cccc21. The molecule has 0 aliphatic carbocycles. The van der Waals surface area contributed by atoms with Crippen molar-refractivity contribution in [2.24, 2.45) is 0 Å². The molecule has 6 heteroatoms. The van der Waals surface area contributed by atoms with E-state index in [9.17, 15) is 9.59 Å². The van der Waals surface area contributed by atoms with Gasteiger partial charge in [-0.2, -0.15) is 0 Å². The lowest BCUT2D eigenvalue weighted by Gasteiger charge is -2.30. The first-order valence-corrected chi connectivity index (χ1v) is 7.81. The van der Waals surface area contributed by atoms with E-state index >= 15 is 0 Å². The summed E-state index contributed by atoms with van der Waals surface area (Å²) in [6, 6.07) is 14.4. The summed E-state index contributed by atoms with van der Waals surface area (Å²) < 4.78 is 0.731. The summed E-state index contributed by atoms with van der Waals surface area (Å²) in [6.45, 7) is 0. The molecule has 0 saturated carbocycles. The highest BCUT2D eigenvalue weighted by atomic mass is 79.9. The Kier molecular flexibility index (Phi) is 3.95. The van der Waals surface area contributed by atoms with Crippen molar-refractivity contribution in [2.45, 2.75) is 5.41 Å². The fourth-order valence-corrected chi connectivity index (χ4v) is 3.39. The summed E-state index contributed by atoms with van der Waals surface area (Å²) >= 11 is 3.43. The predicted octanol–water partition coefficient (Wildman–Crippen LogP) is 2.71. The van der Waals surface area contributed by atoms with E-state index in [0.717, 1.165) is 9.54 Å². The first-order valence-electron chi connectivity index (χ1n) is 7.01. The lowest BCUT2D eigenvalue weighted by molar-refractivity contribution is -0.174. The number of likely N-dealkylation sites (N-methyl/N-ethyl adjacent to an activating group) is 1. The van der Waals surface area contributed by atoms with Crippen molar-refractivity contribution in [3.8, 4) is 0 Å². The minimum Gasteiger partial charge on any atom is -0.323 e. The third-order valence-corrected chi connectivity index (χ3v) is 4.75.